The number of pyridine rings is 1. The van der Waals surface area contributed by atoms with Crippen molar-refractivity contribution in [3.63, 3.8) is 0 Å². The van der Waals surface area contributed by atoms with Crippen molar-refractivity contribution in [3.8, 4) is 0 Å². The zero-order valence-electron chi connectivity index (χ0n) is 12.2. The van der Waals surface area contributed by atoms with E-state index in [0.29, 0.717) is 12.1 Å². The van der Waals surface area contributed by atoms with Gasteiger partial charge in [-0.05, 0) is 50.8 Å². The van der Waals surface area contributed by atoms with Crippen molar-refractivity contribution < 1.29 is 4.74 Å². The highest BCUT2D eigenvalue weighted by molar-refractivity contribution is 5.14. The van der Waals surface area contributed by atoms with Gasteiger partial charge in [-0.15, -0.1) is 0 Å². The molecule has 1 aliphatic heterocycles. The van der Waals surface area contributed by atoms with Gasteiger partial charge in [0.05, 0.1) is 6.10 Å². The fourth-order valence-electron chi connectivity index (χ4n) is 2.65. The summed E-state index contributed by atoms with van der Waals surface area (Å²) in [6.45, 7) is 3.11. The predicted molar refractivity (Wildman–Crippen MR) is 78.4 cm³/mol. The maximum absolute atomic E-state index is 5.68. The van der Waals surface area contributed by atoms with Crippen LogP contribution in [0.2, 0.25) is 0 Å². The molecule has 3 heteroatoms. The minimum absolute atomic E-state index is 0.492. The van der Waals surface area contributed by atoms with Crippen LogP contribution in [0.5, 0.6) is 0 Å². The second-order valence-electron chi connectivity index (χ2n) is 5.41. The van der Waals surface area contributed by atoms with Crippen LogP contribution in [0.4, 0.5) is 0 Å². The normalized spacial score (nSPS) is 20.6. The fraction of sp³-hybridized carbons (Fsp3) is 0.688. The van der Waals surface area contributed by atoms with Gasteiger partial charge in [0.2, 0.25) is 0 Å². The molecule has 1 N–H and O–H groups in total. The zero-order valence-corrected chi connectivity index (χ0v) is 12.2. The number of nitrogens with one attached hydrogen (secondary N) is 1. The van der Waals surface area contributed by atoms with E-state index in [0.717, 1.165) is 19.4 Å². The lowest BCUT2D eigenvalue weighted by atomic mass is 10.0. The molecule has 1 saturated heterocycles. The quantitative estimate of drug-likeness (QED) is 0.820. The van der Waals surface area contributed by atoms with Gasteiger partial charge in [-0.3, -0.25) is 4.98 Å². The number of nitrogens with zero attached hydrogens (tertiary/aromatic N) is 1. The topological polar surface area (TPSA) is 34.1 Å². The Kier molecular flexibility index (Phi) is 5.80. The average molecular weight is 262 g/mol. The Bertz CT molecular complexity index is 358. The fourth-order valence-corrected chi connectivity index (χ4v) is 2.65. The number of ether oxygens (including phenoxy) is 1. The first-order valence-electron chi connectivity index (χ1n) is 7.54. The van der Waals surface area contributed by atoms with Crippen LogP contribution < -0.4 is 5.32 Å². The Morgan fingerprint density at radius 3 is 2.95 bits per heavy atom. The molecular formula is C16H26N2O. The number of hydrogen-bond donors (Lipinski definition) is 1. The molecule has 19 heavy (non-hydrogen) atoms. The first-order valence-corrected chi connectivity index (χ1v) is 7.54. The summed E-state index contributed by atoms with van der Waals surface area (Å²) in [5, 5.41) is 3.41. The Hall–Kier alpha value is -0.930. The van der Waals surface area contributed by atoms with E-state index in [4.69, 9.17) is 4.74 Å². The van der Waals surface area contributed by atoms with E-state index in [2.05, 4.69) is 29.4 Å². The highest BCUT2D eigenvalue weighted by atomic mass is 16.5. The van der Waals surface area contributed by atoms with Crippen LogP contribution in [0.1, 0.15) is 43.9 Å². The van der Waals surface area contributed by atoms with Crippen molar-refractivity contribution in [3.05, 3.63) is 29.6 Å². The summed E-state index contributed by atoms with van der Waals surface area (Å²) in [7, 11) is 2.04. The van der Waals surface area contributed by atoms with Gasteiger partial charge in [0.1, 0.15) is 0 Å². The molecule has 1 aromatic rings. The third kappa shape index (κ3) is 4.59. The summed E-state index contributed by atoms with van der Waals surface area (Å²) in [4.78, 5) is 4.55. The van der Waals surface area contributed by atoms with Crippen molar-refractivity contribution >= 4 is 0 Å². The van der Waals surface area contributed by atoms with Gasteiger partial charge in [0, 0.05) is 31.0 Å². The van der Waals surface area contributed by atoms with Crippen molar-refractivity contribution in [2.24, 2.45) is 0 Å². The number of hydrogen-bond acceptors (Lipinski definition) is 3. The van der Waals surface area contributed by atoms with E-state index in [-0.39, 0.29) is 0 Å². The van der Waals surface area contributed by atoms with E-state index in [1.54, 1.807) is 0 Å². The Balaban J connectivity index is 1.79. The van der Waals surface area contributed by atoms with Crippen LogP contribution in [0.3, 0.4) is 0 Å². The van der Waals surface area contributed by atoms with E-state index in [1.165, 1.54) is 36.9 Å². The molecule has 1 aromatic heterocycles. The molecule has 0 aliphatic carbocycles. The largest absolute Gasteiger partial charge is 0.378 e. The number of likely N-dealkylation sites (N-methyl/N-ethyl adjacent to an activating group) is 1. The van der Waals surface area contributed by atoms with Gasteiger partial charge < -0.3 is 10.1 Å². The molecule has 2 heterocycles. The molecule has 0 spiro atoms. The summed E-state index contributed by atoms with van der Waals surface area (Å²) < 4.78 is 5.68. The summed E-state index contributed by atoms with van der Waals surface area (Å²) in [5.74, 6) is 0. The standard InChI is InChI=1S/C16H26N2O/c1-3-13-6-7-15(18-12-13)11-14(17-2)8-9-16-5-4-10-19-16/h6-7,12,14,16-17H,3-5,8-11H2,1-2H3. The predicted octanol–water partition coefficient (Wildman–Crippen LogP) is 2.73. The molecule has 1 fully saturated rings. The highest BCUT2D eigenvalue weighted by Gasteiger charge is 2.17. The Morgan fingerprint density at radius 2 is 2.37 bits per heavy atom. The second-order valence-corrected chi connectivity index (χ2v) is 5.41. The first-order chi connectivity index (χ1) is 9.31. The van der Waals surface area contributed by atoms with Gasteiger partial charge in [-0.2, -0.15) is 0 Å². The monoisotopic (exact) mass is 262 g/mol. The van der Waals surface area contributed by atoms with Gasteiger partial charge in [-0.1, -0.05) is 13.0 Å². The molecule has 0 aromatic carbocycles. The number of aromatic nitrogens is 1. The van der Waals surface area contributed by atoms with E-state index in [9.17, 15) is 0 Å². The maximum Gasteiger partial charge on any atom is 0.0576 e. The van der Waals surface area contributed by atoms with Crippen molar-refractivity contribution in [2.75, 3.05) is 13.7 Å². The third-order valence-corrected chi connectivity index (χ3v) is 4.02. The number of aryl methyl sites for hydroxylation is 1. The van der Waals surface area contributed by atoms with E-state index < -0.39 is 0 Å². The SMILES string of the molecule is CCc1ccc(CC(CCC2CCCO2)NC)nc1. The third-order valence-electron chi connectivity index (χ3n) is 4.02. The molecule has 2 atom stereocenters. The molecule has 0 saturated carbocycles. The smallest absolute Gasteiger partial charge is 0.0576 e. The summed E-state index contributed by atoms with van der Waals surface area (Å²) in [6, 6.07) is 4.86. The molecular weight excluding hydrogens is 236 g/mol. The molecule has 2 unspecified atom stereocenters. The molecule has 0 bridgehead atoms. The summed E-state index contributed by atoms with van der Waals surface area (Å²) in [5.41, 5.74) is 2.49. The summed E-state index contributed by atoms with van der Waals surface area (Å²) in [6.07, 6.45) is 9.36. The minimum atomic E-state index is 0.492. The molecule has 0 radical (unpaired) electrons. The summed E-state index contributed by atoms with van der Waals surface area (Å²) >= 11 is 0. The highest BCUT2D eigenvalue weighted by Crippen LogP contribution is 2.18. The van der Waals surface area contributed by atoms with Crippen molar-refractivity contribution in [2.45, 2.75) is 57.6 Å². The lowest BCUT2D eigenvalue weighted by Crippen LogP contribution is -2.29. The maximum atomic E-state index is 5.68. The average Bonchev–Trinajstić information content (AvgIpc) is 2.97. The van der Waals surface area contributed by atoms with Crippen molar-refractivity contribution in [1.82, 2.24) is 10.3 Å². The Labute approximate surface area is 116 Å². The van der Waals surface area contributed by atoms with Gasteiger partial charge in [-0.25, -0.2) is 0 Å². The number of rotatable bonds is 7. The van der Waals surface area contributed by atoms with Crippen LogP contribution in [-0.4, -0.2) is 30.8 Å². The van der Waals surface area contributed by atoms with Crippen molar-refractivity contribution in [1.29, 1.82) is 0 Å². The molecule has 0 amide bonds. The van der Waals surface area contributed by atoms with Crippen LogP contribution >= 0.6 is 0 Å². The van der Waals surface area contributed by atoms with Gasteiger partial charge in [0.15, 0.2) is 0 Å². The van der Waals surface area contributed by atoms with Gasteiger partial charge >= 0.3 is 0 Å². The molecule has 3 nitrogen and oxygen atoms in total. The Morgan fingerprint density at radius 1 is 1.47 bits per heavy atom. The van der Waals surface area contributed by atoms with Crippen LogP contribution in [0.15, 0.2) is 18.3 Å². The second kappa shape index (κ2) is 7.61. The van der Waals surface area contributed by atoms with Crippen LogP contribution in [0.25, 0.3) is 0 Å². The van der Waals surface area contributed by atoms with Gasteiger partial charge in [0.25, 0.3) is 0 Å². The molecule has 2 rings (SSSR count). The lowest BCUT2D eigenvalue weighted by Gasteiger charge is -2.18. The van der Waals surface area contributed by atoms with E-state index in [1.807, 2.05) is 13.2 Å². The minimum Gasteiger partial charge on any atom is -0.378 e. The first kappa shape index (κ1) is 14.5. The molecule has 106 valence electrons. The lowest BCUT2D eigenvalue weighted by molar-refractivity contribution is 0.0998. The van der Waals surface area contributed by atoms with Crippen LogP contribution in [0, 0.1) is 0 Å². The molecule has 1 aliphatic rings. The van der Waals surface area contributed by atoms with Crippen LogP contribution in [-0.2, 0) is 17.6 Å². The van der Waals surface area contributed by atoms with E-state index >= 15 is 0 Å². The zero-order chi connectivity index (χ0) is 13.5.